The van der Waals surface area contributed by atoms with E-state index >= 15 is 0 Å². The van der Waals surface area contributed by atoms with Crippen LogP contribution in [0.5, 0.6) is 11.5 Å². The van der Waals surface area contributed by atoms with E-state index in [1.54, 1.807) is 19.1 Å². The molecule has 2 heterocycles. The molecule has 1 saturated heterocycles. The van der Waals surface area contributed by atoms with Crippen LogP contribution in [0.1, 0.15) is 64.9 Å². The molecule has 226 valence electrons. The van der Waals surface area contributed by atoms with Gasteiger partial charge in [-0.2, -0.15) is 0 Å². The molecule has 0 unspecified atom stereocenters. The number of fused-ring (bicyclic) bond motifs is 1. The molecule has 2 fully saturated rings. The van der Waals surface area contributed by atoms with Gasteiger partial charge in [-0.1, -0.05) is 33.3 Å². The lowest BCUT2D eigenvalue weighted by atomic mass is 9.64. The third kappa shape index (κ3) is 6.40. The van der Waals surface area contributed by atoms with Crippen LogP contribution < -0.4 is 14.8 Å². The van der Waals surface area contributed by atoms with Gasteiger partial charge in [-0.05, 0) is 67.7 Å². The quantitative estimate of drug-likeness (QED) is 0.279. The zero-order valence-electron chi connectivity index (χ0n) is 25.4. The van der Waals surface area contributed by atoms with Crippen LogP contribution in [0, 0.1) is 23.2 Å². The smallest absolute Gasteiger partial charge is 0.320 e. The number of hydrogen-bond donors (Lipinski definition) is 1. The Kier molecular flexibility index (Phi) is 10.00. The Labute approximate surface area is 243 Å². The highest BCUT2D eigenvalue weighted by Gasteiger charge is 2.63. The summed E-state index contributed by atoms with van der Waals surface area (Å²) in [5, 5.41) is 2.95. The zero-order valence-corrected chi connectivity index (χ0v) is 25.4. The summed E-state index contributed by atoms with van der Waals surface area (Å²) in [7, 11) is 4.57. The summed E-state index contributed by atoms with van der Waals surface area (Å²) in [6.07, 6.45) is 5.81. The van der Waals surface area contributed by atoms with Crippen molar-refractivity contribution in [3.05, 3.63) is 35.5 Å². The number of carbonyl (C=O) groups excluding carboxylic acids is 3. The van der Waals surface area contributed by atoms with E-state index in [0.29, 0.717) is 36.7 Å². The maximum atomic E-state index is 14.2. The number of hydrogen-bond acceptors (Lipinski definition) is 7. The molecule has 4 rings (SSSR count). The van der Waals surface area contributed by atoms with Crippen molar-refractivity contribution in [1.82, 2.24) is 10.2 Å². The molecule has 1 aromatic carbocycles. The van der Waals surface area contributed by atoms with Crippen LogP contribution in [-0.2, 0) is 30.3 Å². The molecule has 1 saturated carbocycles. The van der Waals surface area contributed by atoms with Gasteiger partial charge >= 0.3 is 5.97 Å². The van der Waals surface area contributed by atoms with Gasteiger partial charge in [0.15, 0.2) is 11.5 Å². The summed E-state index contributed by atoms with van der Waals surface area (Å²) >= 11 is 0. The van der Waals surface area contributed by atoms with Crippen LogP contribution in [0.3, 0.4) is 0 Å². The van der Waals surface area contributed by atoms with Gasteiger partial charge in [0, 0.05) is 31.1 Å². The SMILES string of the molecule is CCCCNC(=O)C[C@H]1C[C@@]2(C(=O)OC)C(=C[C@H](C(C)C)O[C@@H]2C2CC2)N(CCc2ccc(OC)c(OC)c2)C1=O. The van der Waals surface area contributed by atoms with Gasteiger partial charge < -0.3 is 29.2 Å². The largest absolute Gasteiger partial charge is 0.493 e. The fraction of sp³-hybridized carbons (Fsp3) is 0.656. The Morgan fingerprint density at radius 1 is 1.15 bits per heavy atom. The van der Waals surface area contributed by atoms with E-state index in [1.807, 2.05) is 24.3 Å². The fourth-order valence-electron chi connectivity index (χ4n) is 6.26. The number of ether oxygens (including phenoxy) is 4. The van der Waals surface area contributed by atoms with Crippen LogP contribution in [0.4, 0.5) is 0 Å². The second-order valence-corrected chi connectivity index (χ2v) is 11.9. The summed E-state index contributed by atoms with van der Waals surface area (Å²) in [5.74, 6) is 0.220. The molecule has 1 N–H and O–H groups in total. The van der Waals surface area contributed by atoms with Gasteiger partial charge in [-0.3, -0.25) is 14.4 Å². The molecule has 0 bridgehead atoms. The lowest BCUT2D eigenvalue weighted by Crippen LogP contribution is -2.62. The minimum atomic E-state index is -1.15. The number of carbonyl (C=O) groups is 3. The number of nitrogens with one attached hydrogen (secondary N) is 1. The van der Waals surface area contributed by atoms with Crippen molar-refractivity contribution in [2.24, 2.45) is 23.2 Å². The van der Waals surface area contributed by atoms with Gasteiger partial charge in [-0.25, -0.2) is 0 Å². The monoisotopic (exact) mass is 570 g/mol. The normalized spacial score (nSPS) is 25.8. The first-order chi connectivity index (χ1) is 19.7. The van der Waals surface area contributed by atoms with Crippen molar-refractivity contribution < 1.29 is 33.3 Å². The first-order valence-corrected chi connectivity index (χ1v) is 14.9. The first kappa shape index (κ1) is 30.9. The molecule has 0 aromatic heterocycles. The Bertz CT molecular complexity index is 1140. The minimum Gasteiger partial charge on any atom is -0.493 e. The zero-order chi connectivity index (χ0) is 29.7. The number of amides is 2. The Balaban J connectivity index is 1.73. The molecule has 2 aliphatic heterocycles. The third-order valence-corrected chi connectivity index (χ3v) is 8.66. The number of nitrogens with zero attached hydrogens (tertiary/aromatic N) is 1. The molecular formula is C32H46N2O7. The van der Waals surface area contributed by atoms with E-state index in [9.17, 15) is 14.4 Å². The predicted molar refractivity (Wildman–Crippen MR) is 154 cm³/mol. The maximum Gasteiger partial charge on any atom is 0.320 e. The van der Waals surface area contributed by atoms with E-state index in [-0.39, 0.29) is 42.6 Å². The Hall–Kier alpha value is -3.07. The highest BCUT2D eigenvalue weighted by molar-refractivity contribution is 5.92. The second-order valence-electron chi connectivity index (χ2n) is 11.9. The third-order valence-electron chi connectivity index (χ3n) is 8.66. The topological polar surface area (TPSA) is 103 Å². The number of methoxy groups -OCH3 is 3. The van der Waals surface area contributed by atoms with Gasteiger partial charge in [0.2, 0.25) is 11.8 Å². The van der Waals surface area contributed by atoms with Gasteiger partial charge in [-0.15, -0.1) is 0 Å². The lowest BCUT2D eigenvalue weighted by Gasteiger charge is -2.53. The molecule has 0 radical (unpaired) electrons. The predicted octanol–water partition coefficient (Wildman–Crippen LogP) is 4.28. The maximum absolute atomic E-state index is 14.2. The van der Waals surface area contributed by atoms with Crippen LogP contribution in [0.15, 0.2) is 30.0 Å². The van der Waals surface area contributed by atoms with Crippen LogP contribution in [0.25, 0.3) is 0 Å². The standard InChI is InChI=1S/C32H46N2O7/c1-7-8-14-33-28(35)17-23-19-32(31(37)40-6)27(18-25(20(2)3)41-29(32)22-10-11-22)34(30(23)36)15-13-21-9-12-24(38-4)26(16-21)39-5/h9,12,16,18,20,22-23,25,29H,7-8,10-11,13-15,17,19H2,1-6H3,(H,33,35)/t23-,25+,29+,32+/m0/s1. The number of likely N-dealkylation sites (tertiary alicyclic amines) is 1. The molecule has 1 aromatic rings. The average Bonchev–Trinajstić information content (AvgIpc) is 3.81. The van der Waals surface area contributed by atoms with Gasteiger partial charge in [0.25, 0.3) is 0 Å². The summed E-state index contributed by atoms with van der Waals surface area (Å²) < 4.78 is 23.0. The number of unbranched alkanes of at least 4 members (excludes halogenated alkanes) is 1. The summed E-state index contributed by atoms with van der Waals surface area (Å²) in [6.45, 7) is 7.13. The molecule has 41 heavy (non-hydrogen) atoms. The molecule has 2 amide bonds. The molecule has 0 spiro atoms. The fourth-order valence-corrected chi connectivity index (χ4v) is 6.26. The van der Waals surface area contributed by atoms with Crippen LogP contribution in [-0.4, -0.2) is 69.3 Å². The average molecular weight is 571 g/mol. The summed E-state index contributed by atoms with van der Waals surface area (Å²) in [6, 6.07) is 5.70. The molecular weight excluding hydrogens is 524 g/mol. The summed E-state index contributed by atoms with van der Waals surface area (Å²) in [4.78, 5) is 42.7. The number of rotatable bonds is 13. The Morgan fingerprint density at radius 2 is 1.88 bits per heavy atom. The van der Waals surface area contributed by atoms with E-state index in [0.717, 1.165) is 31.2 Å². The van der Waals surface area contributed by atoms with E-state index in [1.165, 1.54) is 7.11 Å². The summed E-state index contributed by atoms with van der Waals surface area (Å²) in [5.41, 5.74) is 0.478. The second kappa shape index (κ2) is 13.3. The van der Waals surface area contributed by atoms with Gasteiger partial charge in [0.1, 0.15) is 5.41 Å². The molecule has 9 nitrogen and oxygen atoms in total. The van der Waals surface area contributed by atoms with E-state index in [4.69, 9.17) is 18.9 Å². The van der Waals surface area contributed by atoms with Crippen molar-refractivity contribution in [2.45, 2.75) is 77.9 Å². The number of benzene rings is 1. The molecule has 4 atom stereocenters. The highest BCUT2D eigenvalue weighted by atomic mass is 16.5. The van der Waals surface area contributed by atoms with E-state index < -0.39 is 23.4 Å². The van der Waals surface area contributed by atoms with Crippen LogP contribution in [0.2, 0.25) is 0 Å². The van der Waals surface area contributed by atoms with Crippen LogP contribution >= 0.6 is 0 Å². The lowest BCUT2D eigenvalue weighted by molar-refractivity contribution is -0.182. The molecule has 3 aliphatic rings. The Morgan fingerprint density at radius 3 is 2.49 bits per heavy atom. The number of piperidine rings is 1. The van der Waals surface area contributed by atoms with E-state index in [2.05, 4.69) is 26.1 Å². The molecule has 1 aliphatic carbocycles. The highest BCUT2D eigenvalue weighted by Crippen LogP contribution is 2.56. The first-order valence-electron chi connectivity index (χ1n) is 14.9. The van der Waals surface area contributed by atoms with Crippen molar-refractivity contribution in [3.63, 3.8) is 0 Å². The van der Waals surface area contributed by atoms with Crippen molar-refractivity contribution in [2.75, 3.05) is 34.4 Å². The van der Waals surface area contributed by atoms with Crippen molar-refractivity contribution in [3.8, 4) is 11.5 Å². The number of esters is 1. The van der Waals surface area contributed by atoms with Gasteiger partial charge in [0.05, 0.1) is 33.5 Å². The molecule has 9 heteroatoms. The minimum absolute atomic E-state index is 0.0203. The van der Waals surface area contributed by atoms with Crippen molar-refractivity contribution >= 4 is 17.8 Å². The van der Waals surface area contributed by atoms with Crippen molar-refractivity contribution in [1.29, 1.82) is 0 Å².